The maximum atomic E-state index is 13.2. The fourth-order valence-corrected chi connectivity index (χ4v) is 4.80. The van der Waals surface area contributed by atoms with Crippen molar-refractivity contribution in [3.8, 4) is 5.75 Å². The lowest BCUT2D eigenvalue weighted by Gasteiger charge is -2.23. The molecular weight excluding hydrogens is 454 g/mol. The van der Waals surface area contributed by atoms with Gasteiger partial charge in [-0.1, -0.05) is 36.4 Å². The maximum Gasteiger partial charge on any atom is 0.264 e. The maximum absolute atomic E-state index is 13.2. The fraction of sp³-hybridized carbons (Fsp3) is 0.200. The second-order valence-corrected chi connectivity index (χ2v) is 9.20. The molecule has 0 saturated heterocycles. The number of carbonyl (C=O) groups is 2. The molecule has 0 aliphatic carbocycles. The number of rotatable bonds is 10. The Balaban J connectivity index is 1.62. The van der Waals surface area contributed by atoms with Crippen LogP contribution in [0.25, 0.3) is 0 Å². The Bertz CT molecular complexity index is 1230. The predicted octanol–water partition coefficient (Wildman–Crippen LogP) is 2.96. The minimum absolute atomic E-state index is 0.00481. The molecule has 3 aromatic rings. The van der Waals surface area contributed by atoms with Gasteiger partial charge in [0.15, 0.2) is 0 Å². The quantitative estimate of drug-likeness (QED) is 0.463. The van der Waals surface area contributed by atoms with Crippen molar-refractivity contribution in [3.63, 3.8) is 0 Å². The van der Waals surface area contributed by atoms with E-state index >= 15 is 0 Å². The first-order valence-corrected chi connectivity index (χ1v) is 12.1. The van der Waals surface area contributed by atoms with Gasteiger partial charge >= 0.3 is 0 Å². The SMILES string of the molecule is CCN(c1ccccc1)S(=O)(=O)c1cccc(C(=O)NCC(=O)NCc2ccc(OC)cc2)c1. The Morgan fingerprint density at radius 2 is 1.62 bits per heavy atom. The molecule has 0 radical (unpaired) electrons. The van der Waals surface area contributed by atoms with Crippen LogP contribution in [-0.2, 0) is 21.4 Å². The van der Waals surface area contributed by atoms with Gasteiger partial charge in [0.25, 0.3) is 15.9 Å². The molecule has 2 N–H and O–H groups in total. The van der Waals surface area contributed by atoms with Crippen molar-refractivity contribution in [2.24, 2.45) is 0 Å². The zero-order chi connectivity index (χ0) is 24.6. The van der Waals surface area contributed by atoms with Gasteiger partial charge in [-0.2, -0.15) is 0 Å². The number of sulfonamides is 1. The van der Waals surface area contributed by atoms with Gasteiger partial charge in [0.05, 0.1) is 24.2 Å². The fourth-order valence-electron chi connectivity index (χ4n) is 3.28. The zero-order valence-electron chi connectivity index (χ0n) is 19.0. The number of ether oxygens (including phenoxy) is 1. The van der Waals surface area contributed by atoms with Gasteiger partial charge < -0.3 is 15.4 Å². The molecule has 0 atom stereocenters. The number of carbonyl (C=O) groups excluding carboxylic acids is 2. The number of nitrogens with zero attached hydrogens (tertiary/aromatic N) is 1. The number of nitrogens with one attached hydrogen (secondary N) is 2. The van der Waals surface area contributed by atoms with Crippen LogP contribution >= 0.6 is 0 Å². The van der Waals surface area contributed by atoms with Crippen LogP contribution in [0.4, 0.5) is 5.69 Å². The van der Waals surface area contributed by atoms with Crippen LogP contribution < -0.4 is 19.7 Å². The van der Waals surface area contributed by atoms with E-state index in [1.165, 1.54) is 28.6 Å². The van der Waals surface area contributed by atoms with Crippen LogP contribution in [-0.4, -0.2) is 40.4 Å². The third-order valence-electron chi connectivity index (χ3n) is 5.07. The molecule has 3 aromatic carbocycles. The summed E-state index contributed by atoms with van der Waals surface area (Å²) >= 11 is 0. The monoisotopic (exact) mass is 481 g/mol. The number of hydrogen-bond acceptors (Lipinski definition) is 5. The summed E-state index contributed by atoms with van der Waals surface area (Å²) in [5, 5.41) is 5.25. The molecule has 8 nitrogen and oxygen atoms in total. The molecule has 0 unspecified atom stereocenters. The lowest BCUT2D eigenvalue weighted by molar-refractivity contribution is -0.120. The predicted molar refractivity (Wildman–Crippen MR) is 130 cm³/mol. The van der Waals surface area contributed by atoms with Crippen LogP contribution in [0, 0.1) is 0 Å². The topological polar surface area (TPSA) is 105 Å². The molecule has 0 aliphatic rings. The van der Waals surface area contributed by atoms with Crippen molar-refractivity contribution in [1.82, 2.24) is 10.6 Å². The highest BCUT2D eigenvalue weighted by Crippen LogP contribution is 2.23. The van der Waals surface area contributed by atoms with Crippen LogP contribution in [0.1, 0.15) is 22.8 Å². The van der Waals surface area contributed by atoms with Gasteiger partial charge in [-0.15, -0.1) is 0 Å². The average molecular weight is 482 g/mol. The number of anilines is 1. The van der Waals surface area contributed by atoms with Crippen LogP contribution in [0.5, 0.6) is 5.75 Å². The summed E-state index contributed by atoms with van der Waals surface area (Å²) in [7, 11) is -2.29. The highest BCUT2D eigenvalue weighted by atomic mass is 32.2. The van der Waals surface area contributed by atoms with Gasteiger partial charge in [0, 0.05) is 18.7 Å². The van der Waals surface area contributed by atoms with E-state index in [2.05, 4.69) is 10.6 Å². The van der Waals surface area contributed by atoms with Crippen molar-refractivity contribution in [2.45, 2.75) is 18.4 Å². The number of methoxy groups -OCH3 is 1. The van der Waals surface area contributed by atoms with E-state index in [1.54, 1.807) is 50.4 Å². The van der Waals surface area contributed by atoms with Gasteiger partial charge in [-0.3, -0.25) is 13.9 Å². The molecule has 0 aliphatic heterocycles. The first-order valence-electron chi connectivity index (χ1n) is 10.7. The Labute approximate surface area is 199 Å². The van der Waals surface area contributed by atoms with Gasteiger partial charge in [0.2, 0.25) is 5.91 Å². The highest BCUT2D eigenvalue weighted by molar-refractivity contribution is 7.92. The molecular formula is C25H27N3O5S. The molecule has 0 fully saturated rings. The molecule has 2 amide bonds. The smallest absolute Gasteiger partial charge is 0.264 e. The van der Waals surface area contributed by atoms with Gasteiger partial charge in [-0.25, -0.2) is 8.42 Å². The summed E-state index contributed by atoms with van der Waals surface area (Å²) in [4.78, 5) is 24.7. The Hall–Kier alpha value is -3.85. The standard InChI is InChI=1S/C25H27N3O5S/c1-3-28(21-9-5-4-6-10-21)34(31,32)23-11-7-8-20(16-23)25(30)27-18-24(29)26-17-19-12-14-22(33-2)15-13-19/h4-16H,3,17-18H2,1-2H3,(H,26,29)(H,27,30). The first kappa shape index (κ1) is 24.8. The van der Waals surface area contributed by atoms with Crippen molar-refractivity contribution in [1.29, 1.82) is 0 Å². The normalized spacial score (nSPS) is 10.9. The van der Waals surface area contributed by atoms with E-state index in [0.29, 0.717) is 12.2 Å². The molecule has 34 heavy (non-hydrogen) atoms. The molecule has 0 saturated carbocycles. The Morgan fingerprint density at radius 1 is 0.912 bits per heavy atom. The largest absolute Gasteiger partial charge is 0.497 e. The molecule has 0 heterocycles. The van der Waals surface area contributed by atoms with Crippen molar-refractivity contribution >= 4 is 27.5 Å². The molecule has 9 heteroatoms. The van der Waals surface area contributed by atoms with Gasteiger partial charge in [-0.05, 0) is 55.0 Å². The second-order valence-electron chi connectivity index (χ2n) is 7.34. The summed E-state index contributed by atoms with van der Waals surface area (Å²) in [5.41, 5.74) is 1.57. The number of para-hydroxylation sites is 1. The van der Waals surface area contributed by atoms with Crippen molar-refractivity contribution in [3.05, 3.63) is 90.0 Å². The average Bonchev–Trinajstić information content (AvgIpc) is 2.87. The molecule has 178 valence electrons. The minimum Gasteiger partial charge on any atom is -0.497 e. The number of hydrogen-bond donors (Lipinski definition) is 2. The van der Waals surface area contributed by atoms with E-state index < -0.39 is 15.9 Å². The minimum atomic E-state index is -3.87. The zero-order valence-corrected chi connectivity index (χ0v) is 19.8. The Kier molecular flexibility index (Phi) is 8.26. The van der Waals surface area contributed by atoms with Crippen LogP contribution in [0.15, 0.2) is 83.8 Å². The van der Waals surface area contributed by atoms with E-state index in [4.69, 9.17) is 4.74 Å². The van der Waals surface area contributed by atoms with E-state index in [0.717, 1.165) is 11.3 Å². The molecule has 3 rings (SSSR count). The van der Waals surface area contributed by atoms with Gasteiger partial charge in [0.1, 0.15) is 5.75 Å². The molecule has 0 bridgehead atoms. The summed E-state index contributed by atoms with van der Waals surface area (Å²) in [6, 6.07) is 21.8. The Morgan fingerprint density at radius 3 is 2.26 bits per heavy atom. The van der Waals surface area contributed by atoms with E-state index in [-0.39, 0.29) is 29.5 Å². The van der Waals surface area contributed by atoms with Crippen molar-refractivity contribution < 1.29 is 22.7 Å². The summed E-state index contributed by atoms with van der Waals surface area (Å²) in [6.07, 6.45) is 0. The summed E-state index contributed by atoms with van der Waals surface area (Å²) in [6.45, 7) is 2.04. The first-order chi connectivity index (χ1) is 16.3. The number of benzene rings is 3. The lowest BCUT2D eigenvalue weighted by Crippen LogP contribution is -2.36. The van der Waals surface area contributed by atoms with E-state index in [1.807, 2.05) is 18.2 Å². The van der Waals surface area contributed by atoms with Crippen LogP contribution in [0.3, 0.4) is 0 Å². The third kappa shape index (κ3) is 6.14. The summed E-state index contributed by atoms with van der Waals surface area (Å²) in [5.74, 6) is -0.189. The summed E-state index contributed by atoms with van der Waals surface area (Å²) < 4.78 is 32.7. The molecule has 0 aromatic heterocycles. The highest BCUT2D eigenvalue weighted by Gasteiger charge is 2.24. The number of amides is 2. The lowest BCUT2D eigenvalue weighted by atomic mass is 10.2. The third-order valence-corrected chi connectivity index (χ3v) is 6.97. The van der Waals surface area contributed by atoms with E-state index in [9.17, 15) is 18.0 Å². The second kappa shape index (κ2) is 11.3. The van der Waals surface area contributed by atoms with Crippen molar-refractivity contribution in [2.75, 3.05) is 24.5 Å². The molecule has 0 spiro atoms. The van der Waals surface area contributed by atoms with Crippen LogP contribution in [0.2, 0.25) is 0 Å².